The number of nitrogens with two attached hydrogens (primary N) is 1. The van der Waals surface area contributed by atoms with Crippen LogP contribution in [0.25, 0.3) is 0 Å². The summed E-state index contributed by atoms with van der Waals surface area (Å²) in [6, 6.07) is 15.5. The zero-order valence-corrected chi connectivity index (χ0v) is 11.6. The van der Waals surface area contributed by atoms with Crippen molar-refractivity contribution in [1.29, 1.82) is 0 Å². The SMILES string of the molecule is CC(Oc1ccccc1)C(=O)Nc1cccc(C(N)=O)c1. The lowest BCUT2D eigenvalue weighted by molar-refractivity contribution is -0.122. The van der Waals surface area contributed by atoms with Crippen LogP contribution in [-0.4, -0.2) is 17.9 Å². The number of benzene rings is 2. The zero-order chi connectivity index (χ0) is 15.2. The van der Waals surface area contributed by atoms with E-state index in [9.17, 15) is 9.59 Å². The Morgan fingerprint density at radius 1 is 1.10 bits per heavy atom. The maximum atomic E-state index is 12.0. The summed E-state index contributed by atoms with van der Waals surface area (Å²) in [4.78, 5) is 23.1. The van der Waals surface area contributed by atoms with Gasteiger partial charge in [-0.3, -0.25) is 9.59 Å². The van der Waals surface area contributed by atoms with Crippen molar-refractivity contribution in [3.05, 3.63) is 60.2 Å². The van der Waals surface area contributed by atoms with Crippen molar-refractivity contribution in [3.63, 3.8) is 0 Å². The highest BCUT2D eigenvalue weighted by Gasteiger charge is 2.15. The fourth-order valence-electron chi connectivity index (χ4n) is 1.75. The zero-order valence-electron chi connectivity index (χ0n) is 11.6. The Morgan fingerprint density at radius 2 is 1.81 bits per heavy atom. The van der Waals surface area contributed by atoms with Crippen LogP contribution < -0.4 is 15.8 Å². The van der Waals surface area contributed by atoms with Gasteiger partial charge in [-0.05, 0) is 37.3 Å². The van der Waals surface area contributed by atoms with E-state index in [0.29, 0.717) is 17.0 Å². The van der Waals surface area contributed by atoms with E-state index in [1.54, 1.807) is 37.3 Å². The standard InChI is InChI=1S/C16H16N2O3/c1-11(21-14-8-3-2-4-9-14)16(20)18-13-7-5-6-12(10-13)15(17)19/h2-11H,1H3,(H2,17,19)(H,18,20). The number of rotatable bonds is 5. The number of primary amides is 1. The molecule has 2 aromatic carbocycles. The minimum atomic E-state index is -0.662. The number of anilines is 1. The second kappa shape index (κ2) is 6.56. The molecule has 1 unspecified atom stereocenters. The molecule has 0 aliphatic carbocycles. The van der Waals surface area contributed by atoms with E-state index in [0.717, 1.165) is 0 Å². The van der Waals surface area contributed by atoms with E-state index in [1.165, 1.54) is 6.07 Å². The molecule has 3 N–H and O–H groups in total. The van der Waals surface area contributed by atoms with Crippen LogP contribution in [0.2, 0.25) is 0 Å². The third-order valence-corrected chi connectivity index (χ3v) is 2.84. The molecule has 0 bridgehead atoms. The van der Waals surface area contributed by atoms with Crippen LogP contribution in [0.3, 0.4) is 0 Å². The van der Waals surface area contributed by atoms with Crippen LogP contribution in [0.4, 0.5) is 5.69 Å². The molecule has 0 radical (unpaired) electrons. The Labute approximate surface area is 122 Å². The molecular weight excluding hydrogens is 268 g/mol. The Bertz CT molecular complexity index is 641. The van der Waals surface area contributed by atoms with E-state index in [4.69, 9.17) is 10.5 Å². The van der Waals surface area contributed by atoms with Crippen molar-refractivity contribution < 1.29 is 14.3 Å². The first-order chi connectivity index (χ1) is 10.1. The van der Waals surface area contributed by atoms with Crippen LogP contribution >= 0.6 is 0 Å². The number of ether oxygens (including phenoxy) is 1. The van der Waals surface area contributed by atoms with Gasteiger partial charge < -0.3 is 15.8 Å². The number of hydrogen-bond acceptors (Lipinski definition) is 3. The maximum Gasteiger partial charge on any atom is 0.265 e. The van der Waals surface area contributed by atoms with Gasteiger partial charge in [-0.1, -0.05) is 24.3 Å². The third kappa shape index (κ3) is 4.07. The molecular formula is C16H16N2O3. The molecule has 0 saturated carbocycles. The molecule has 0 aromatic heterocycles. The summed E-state index contributed by atoms with van der Waals surface area (Å²) in [5.41, 5.74) is 6.04. The summed E-state index contributed by atoms with van der Waals surface area (Å²) in [6.45, 7) is 1.65. The lowest BCUT2D eigenvalue weighted by Crippen LogP contribution is -2.30. The van der Waals surface area contributed by atoms with Gasteiger partial charge in [-0.25, -0.2) is 0 Å². The van der Waals surface area contributed by atoms with Gasteiger partial charge in [0.1, 0.15) is 5.75 Å². The van der Waals surface area contributed by atoms with Crippen molar-refractivity contribution in [1.82, 2.24) is 0 Å². The topological polar surface area (TPSA) is 81.4 Å². The number of hydrogen-bond donors (Lipinski definition) is 2. The fraction of sp³-hybridized carbons (Fsp3) is 0.125. The van der Waals surface area contributed by atoms with Crippen LogP contribution in [-0.2, 0) is 4.79 Å². The highest BCUT2D eigenvalue weighted by molar-refractivity contribution is 5.97. The van der Waals surface area contributed by atoms with E-state index >= 15 is 0 Å². The predicted molar refractivity (Wildman–Crippen MR) is 80.1 cm³/mol. The van der Waals surface area contributed by atoms with E-state index in [1.807, 2.05) is 18.2 Å². The minimum Gasteiger partial charge on any atom is -0.481 e. The van der Waals surface area contributed by atoms with Gasteiger partial charge >= 0.3 is 0 Å². The number of amides is 2. The molecule has 2 aromatic rings. The van der Waals surface area contributed by atoms with Gasteiger partial charge in [-0.15, -0.1) is 0 Å². The average molecular weight is 284 g/mol. The summed E-state index contributed by atoms with van der Waals surface area (Å²) in [5, 5.41) is 2.69. The molecule has 21 heavy (non-hydrogen) atoms. The van der Waals surface area contributed by atoms with Crippen molar-refractivity contribution in [2.75, 3.05) is 5.32 Å². The number of para-hydroxylation sites is 1. The lowest BCUT2D eigenvalue weighted by atomic mass is 10.2. The highest BCUT2D eigenvalue weighted by Crippen LogP contribution is 2.14. The largest absolute Gasteiger partial charge is 0.481 e. The fourth-order valence-corrected chi connectivity index (χ4v) is 1.75. The summed E-state index contributed by atoms with van der Waals surface area (Å²) >= 11 is 0. The summed E-state index contributed by atoms with van der Waals surface area (Å²) in [7, 11) is 0. The molecule has 2 rings (SSSR count). The first-order valence-corrected chi connectivity index (χ1v) is 6.48. The number of carbonyl (C=O) groups is 2. The lowest BCUT2D eigenvalue weighted by Gasteiger charge is -2.14. The van der Waals surface area contributed by atoms with Crippen molar-refractivity contribution >= 4 is 17.5 Å². The van der Waals surface area contributed by atoms with E-state index in [2.05, 4.69) is 5.32 Å². The van der Waals surface area contributed by atoms with Gasteiger partial charge in [0.15, 0.2) is 6.10 Å². The molecule has 2 amide bonds. The third-order valence-electron chi connectivity index (χ3n) is 2.84. The molecule has 0 aliphatic rings. The second-order valence-electron chi connectivity index (χ2n) is 4.51. The van der Waals surface area contributed by atoms with Gasteiger partial charge in [-0.2, -0.15) is 0 Å². The highest BCUT2D eigenvalue weighted by atomic mass is 16.5. The van der Waals surface area contributed by atoms with Gasteiger partial charge in [0, 0.05) is 11.3 Å². The Hall–Kier alpha value is -2.82. The van der Waals surface area contributed by atoms with Gasteiger partial charge in [0.2, 0.25) is 5.91 Å². The second-order valence-corrected chi connectivity index (χ2v) is 4.51. The van der Waals surface area contributed by atoms with E-state index in [-0.39, 0.29) is 5.91 Å². The molecule has 0 saturated heterocycles. The van der Waals surface area contributed by atoms with Crippen LogP contribution in [0.15, 0.2) is 54.6 Å². The average Bonchev–Trinajstić information content (AvgIpc) is 2.48. The van der Waals surface area contributed by atoms with Crippen molar-refractivity contribution in [2.24, 2.45) is 5.73 Å². The Morgan fingerprint density at radius 3 is 2.48 bits per heavy atom. The molecule has 0 heterocycles. The van der Waals surface area contributed by atoms with Crippen molar-refractivity contribution in [2.45, 2.75) is 13.0 Å². The molecule has 5 nitrogen and oxygen atoms in total. The van der Waals surface area contributed by atoms with Crippen molar-refractivity contribution in [3.8, 4) is 5.75 Å². The Balaban J connectivity index is 2.00. The smallest absolute Gasteiger partial charge is 0.265 e. The predicted octanol–water partition coefficient (Wildman–Crippen LogP) is 2.19. The van der Waals surface area contributed by atoms with Crippen LogP contribution in [0.1, 0.15) is 17.3 Å². The molecule has 0 aliphatic heterocycles. The van der Waals surface area contributed by atoms with Gasteiger partial charge in [0.25, 0.3) is 5.91 Å². The maximum absolute atomic E-state index is 12.0. The van der Waals surface area contributed by atoms with Gasteiger partial charge in [0.05, 0.1) is 0 Å². The first-order valence-electron chi connectivity index (χ1n) is 6.48. The summed E-state index contributed by atoms with van der Waals surface area (Å²) in [6.07, 6.45) is -0.662. The summed E-state index contributed by atoms with van der Waals surface area (Å²) < 4.78 is 5.52. The molecule has 0 spiro atoms. The van der Waals surface area contributed by atoms with Crippen LogP contribution in [0, 0.1) is 0 Å². The first kappa shape index (κ1) is 14.6. The normalized spacial score (nSPS) is 11.5. The Kier molecular flexibility index (Phi) is 4.56. The molecule has 0 fully saturated rings. The quantitative estimate of drug-likeness (QED) is 0.883. The minimum absolute atomic E-state index is 0.305. The number of carbonyl (C=O) groups excluding carboxylic acids is 2. The monoisotopic (exact) mass is 284 g/mol. The number of nitrogens with one attached hydrogen (secondary N) is 1. The molecule has 1 atom stereocenters. The van der Waals surface area contributed by atoms with E-state index < -0.39 is 12.0 Å². The summed E-state index contributed by atoms with van der Waals surface area (Å²) in [5.74, 6) is -0.230. The molecule has 108 valence electrons. The molecule has 5 heteroatoms. The van der Waals surface area contributed by atoms with Crippen LogP contribution in [0.5, 0.6) is 5.75 Å².